The quantitative estimate of drug-likeness (QED) is 0.683. The number of hydrogen-bond acceptors (Lipinski definition) is 5. The van der Waals surface area contributed by atoms with E-state index in [1.54, 1.807) is 6.07 Å². The van der Waals surface area contributed by atoms with Gasteiger partial charge in [0.2, 0.25) is 0 Å². The molecule has 0 N–H and O–H groups in total. The van der Waals surface area contributed by atoms with Crippen molar-refractivity contribution < 1.29 is 9.53 Å². The third-order valence-electron chi connectivity index (χ3n) is 5.11. The number of benzene rings is 1. The Balaban J connectivity index is 1.54. The lowest BCUT2D eigenvalue weighted by Gasteiger charge is -2.34. The van der Waals surface area contributed by atoms with Crippen molar-refractivity contribution in [2.75, 3.05) is 32.8 Å². The average Bonchev–Trinajstić information content (AvgIpc) is 2.75. The smallest absolute Gasteiger partial charge is 0.274 e. The van der Waals surface area contributed by atoms with Crippen LogP contribution in [-0.2, 0) is 13.1 Å². The molecule has 2 heterocycles. The number of unbranched alkanes of at least 4 members (excludes halogenated alkanes) is 1. The summed E-state index contributed by atoms with van der Waals surface area (Å²) in [6.07, 6.45) is 1.84. The first kappa shape index (κ1) is 21.0. The number of amides is 1. The van der Waals surface area contributed by atoms with Gasteiger partial charge in [-0.1, -0.05) is 25.5 Å². The van der Waals surface area contributed by atoms with E-state index < -0.39 is 0 Å². The zero-order chi connectivity index (χ0) is 20.6. The Morgan fingerprint density at radius 3 is 2.41 bits per heavy atom. The predicted molar refractivity (Wildman–Crippen MR) is 112 cm³/mol. The van der Waals surface area contributed by atoms with Crippen LogP contribution < -0.4 is 10.3 Å². The van der Waals surface area contributed by atoms with Crippen molar-refractivity contribution in [1.29, 1.82) is 0 Å². The molecule has 0 spiro atoms. The number of carbonyl (C=O) groups is 1. The maximum Gasteiger partial charge on any atom is 0.274 e. The molecule has 1 saturated heterocycles. The molecule has 7 nitrogen and oxygen atoms in total. The van der Waals surface area contributed by atoms with E-state index >= 15 is 0 Å². The number of piperazine rings is 1. The molecule has 1 fully saturated rings. The topological polar surface area (TPSA) is 67.7 Å². The van der Waals surface area contributed by atoms with Crippen molar-refractivity contribution in [3.05, 3.63) is 58.0 Å². The second-order valence-electron chi connectivity index (χ2n) is 7.28. The van der Waals surface area contributed by atoms with Crippen molar-refractivity contribution in [2.24, 2.45) is 0 Å². The Hall–Kier alpha value is -2.67. The minimum absolute atomic E-state index is 0.101. The van der Waals surface area contributed by atoms with Gasteiger partial charge in [-0.3, -0.25) is 14.5 Å². The molecule has 1 aromatic carbocycles. The van der Waals surface area contributed by atoms with E-state index in [9.17, 15) is 9.59 Å². The summed E-state index contributed by atoms with van der Waals surface area (Å²) in [6, 6.07) is 11.2. The van der Waals surface area contributed by atoms with Gasteiger partial charge in [-0.05, 0) is 37.1 Å². The summed E-state index contributed by atoms with van der Waals surface area (Å²) < 4.78 is 6.89. The normalized spacial score (nSPS) is 14.8. The molecule has 0 unspecified atom stereocenters. The van der Waals surface area contributed by atoms with Gasteiger partial charge in [0.25, 0.3) is 11.5 Å². The molecule has 1 aliphatic rings. The molecule has 1 aromatic heterocycles. The summed E-state index contributed by atoms with van der Waals surface area (Å²) in [6.45, 7) is 9.05. The molecule has 3 rings (SSSR count). The number of hydrogen-bond donors (Lipinski definition) is 0. The van der Waals surface area contributed by atoms with Gasteiger partial charge in [0.15, 0.2) is 0 Å². The van der Waals surface area contributed by atoms with Gasteiger partial charge in [-0.2, -0.15) is 5.10 Å². The summed E-state index contributed by atoms with van der Waals surface area (Å²) in [4.78, 5) is 28.9. The molecule has 0 radical (unpaired) electrons. The Labute approximate surface area is 171 Å². The zero-order valence-electron chi connectivity index (χ0n) is 17.3. The third kappa shape index (κ3) is 5.67. The van der Waals surface area contributed by atoms with Crippen LogP contribution in [-0.4, -0.2) is 58.3 Å². The summed E-state index contributed by atoms with van der Waals surface area (Å²) >= 11 is 0. The molecule has 0 bridgehead atoms. The van der Waals surface area contributed by atoms with Crippen molar-refractivity contribution in [1.82, 2.24) is 19.6 Å². The van der Waals surface area contributed by atoms with Crippen LogP contribution in [0.3, 0.4) is 0 Å². The van der Waals surface area contributed by atoms with Crippen molar-refractivity contribution in [3.63, 3.8) is 0 Å². The summed E-state index contributed by atoms with van der Waals surface area (Å²) in [7, 11) is 0. The van der Waals surface area contributed by atoms with E-state index in [0.717, 1.165) is 38.2 Å². The Morgan fingerprint density at radius 2 is 1.76 bits per heavy atom. The molecule has 0 atom stereocenters. The summed E-state index contributed by atoms with van der Waals surface area (Å²) in [5, 5.41) is 4.28. The van der Waals surface area contributed by atoms with Crippen LogP contribution >= 0.6 is 0 Å². The van der Waals surface area contributed by atoms with Crippen LogP contribution in [0.1, 0.15) is 42.7 Å². The van der Waals surface area contributed by atoms with Gasteiger partial charge in [0, 0.05) is 45.3 Å². The Morgan fingerprint density at radius 1 is 1.03 bits per heavy atom. The van der Waals surface area contributed by atoms with Crippen molar-refractivity contribution in [2.45, 2.75) is 39.8 Å². The molecular formula is C22H30N4O3. The number of nitrogens with zero attached hydrogens (tertiary/aromatic N) is 4. The first-order chi connectivity index (χ1) is 14.1. The van der Waals surface area contributed by atoms with Crippen LogP contribution in [0.25, 0.3) is 0 Å². The molecule has 156 valence electrons. The number of rotatable bonds is 8. The van der Waals surface area contributed by atoms with Gasteiger partial charge in [0.1, 0.15) is 11.4 Å². The monoisotopic (exact) mass is 398 g/mol. The highest BCUT2D eigenvalue weighted by atomic mass is 16.5. The minimum atomic E-state index is -0.157. The largest absolute Gasteiger partial charge is 0.494 e. The molecule has 0 saturated carbocycles. The second kappa shape index (κ2) is 10.2. The molecule has 2 aromatic rings. The highest BCUT2D eigenvalue weighted by Crippen LogP contribution is 2.15. The fraction of sp³-hybridized carbons (Fsp3) is 0.500. The molecule has 0 aliphatic carbocycles. The lowest BCUT2D eigenvalue weighted by Crippen LogP contribution is -2.48. The fourth-order valence-corrected chi connectivity index (χ4v) is 3.42. The molecule has 29 heavy (non-hydrogen) atoms. The Kier molecular flexibility index (Phi) is 7.41. The van der Waals surface area contributed by atoms with Crippen LogP contribution in [0.2, 0.25) is 0 Å². The number of carbonyl (C=O) groups excluding carboxylic acids is 1. The fourth-order valence-electron chi connectivity index (χ4n) is 3.42. The van der Waals surface area contributed by atoms with Gasteiger partial charge in [0.05, 0.1) is 6.61 Å². The summed E-state index contributed by atoms with van der Waals surface area (Å²) in [5.74, 6) is 0.787. The van der Waals surface area contributed by atoms with E-state index in [-0.39, 0.29) is 11.5 Å². The van der Waals surface area contributed by atoms with Crippen LogP contribution in [0.15, 0.2) is 41.2 Å². The highest BCUT2D eigenvalue weighted by Gasteiger charge is 2.23. The van der Waals surface area contributed by atoms with E-state index in [1.807, 2.05) is 24.0 Å². The second-order valence-corrected chi connectivity index (χ2v) is 7.28. The van der Waals surface area contributed by atoms with Gasteiger partial charge in [-0.15, -0.1) is 0 Å². The zero-order valence-corrected chi connectivity index (χ0v) is 17.3. The SMILES string of the molecule is CCCCn1nc(C(=O)N2CCN(Cc3ccc(OCC)cc3)CC2)ccc1=O. The summed E-state index contributed by atoms with van der Waals surface area (Å²) in [5.41, 5.74) is 1.42. The number of aryl methyl sites for hydroxylation is 1. The van der Waals surface area contributed by atoms with Gasteiger partial charge < -0.3 is 9.64 Å². The maximum atomic E-state index is 12.8. The standard InChI is InChI=1S/C22H30N4O3/c1-3-5-12-26-21(27)11-10-20(23-26)22(28)25-15-13-24(14-16-25)17-18-6-8-19(9-7-18)29-4-2/h6-11H,3-5,12-17H2,1-2H3. The van der Waals surface area contributed by atoms with Crippen LogP contribution in [0, 0.1) is 0 Å². The lowest BCUT2D eigenvalue weighted by atomic mass is 10.2. The molecule has 1 amide bonds. The van der Waals surface area contributed by atoms with E-state index in [4.69, 9.17) is 4.74 Å². The molecule has 1 aliphatic heterocycles. The molecule has 7 heteroatoms. The van der Waals surface area contributed by atoms with Crippen molar-refractivity contribution >= 4 is 5.91 Å². The first-order valence-corrected chi connectivity index (χ1v) is 10.4. The highest BCUT2D eigenvalue weighted by molar-refractivity contribution is 5.92. The Bertz CT molecular complexity index is 855. The average molecular weight is 399 g/mol. The van der Waals surface area contributed by atoms with E-state index in [2.05, 4.69) is 29.1 Å². The third-order valence-corrected chi connectivity index (χ3v) is 5.11. The van der Waals surface area contributed by atoms with Crippen LogP contribution in [0.4, 0.5) is 0 Å². The lowest BCUT2D eigenvalue weighted by molar-refractivity contribution is 0.0620. The maximum absolute atomic E-state index is 12.8. The van der Waals surface area contributed by atoms with Gasteiger partial charge in [-0.25, -0.2) is 4.68 Å². The minimum Gasteiger partial charge on any atom is -0.494 e. The van der Waals surface area contributed by atoms with E-state index in [1.165, 1.54) is 16.3 Å². The number of aromatic nitrogens is 2. The van der Waals surface area contributed by atoms with E-state index in [0.29, 0.717) is 31.9 Å². The van der Waals surface area contributed by atoms with Gasteiger partial charge >= 0.3 is 0 Å². The first-order valence-electron chi connectivity index (χ1n) is 10.4. The van der Waals surface area contributed by atoms with Crippen molar-refractivity contribution in [3.8, 4) is 5.75 Å². The number of ether oxygens (including phenoxy) is 1. The predicted octanol–water partition coefficient (Wildman–Crippen LogP) is 2.40. The molecular weight excluding hydrogens is 368 g/mol. The van der Waals surface area contributed by atoms with Crippen LogP contribution in [0.5, 0.6) is 5.75 Å².